The molecule has 2 nitrogen and oxygen atoms in total. The Hall–Kier alpha value is -4.40. The molecule has 0 amide bonds. The van der Waals surface area contributed by atoms with E-state index in [2.05, 4.69) is 198 Å². The van der Waals surface area contributed by atoms with Crippen LogP contribution in [0, 0.1) is 0 Å². The van der Waals surface area contributed by atoms with Gasteiger partial charge in [-0.05, 0) is 70.9 Å². The van der Waals surface area contributed by atoms with Gasteiger partial charge in [0.05, 0.1) is 11.8 Å². The molecule has 0 aliphatic rings. The molecule has 6 aromatic rings. The van der Waals surface area contributed by atoms with E-state index in [9.17, 15) is 0 Å². The fraction of sp³-hybridized carbons (Fsp3) is 0.178. The molecule has 1 unspecified atom stereocenters. The number of hydrogen-bond donors (Lipinski definition) is 0. The second-order valence-corrected chi connectivity index (χ2v) is 21.7. The zero-order valence-corrected chi connectivity index (χ0v) is 31.0. The van der Waals surface area contributed by atoms with Gasteiger partial charge in [0, 0.05) is 12.6 Å². The Morgan fingerprint density at radius 2 is 1.00 bits per heavy atom. The largest absolute Gasteiger partial charge is 0.401 e. The van der Waals surface area contributed by atoms with Gasteiger partial charge in [-0.15, -0.1) is 0 Å². The fourth-order valence-electron chi connectivity index (χ4n) is 7.48. The molecule has 0 aliphatic carbocycles. The third-order valence-electron chi connectivity index (χ3n) is 9.71. The molecule has 2 atom stereocenters. The normalized spacial score (nSPS) is 13.4. The van der Waals surface area contributed by atoms with E-state index in [1.165, 1.54) is 26.3 Å². The first kappa shape index (κ1) is 34.5. The molecule has 49 heavy (non-hydrogen) atoms. The summed E-state index contributed by atoms with van der Waals surface area (Å²) < 4.78 is 7.92. The van der Waals surface area contributed by atoms with Crippen molar-refractivity contribution in [2.75, 3.05) is 0 Å². The lowest BCUT2D eigenvalue weighted by atomic mass is 10.1. The van der Waals surface area contributed by atoms with Crippen LogP contribution in [0.4, 0.5) is 0 Å². The molecule has 5 aromatic carbocycles. The fourth-order valence-corrected chi connectivity index (χ4v) is 17.2. The third kappa shape index (κ3) is 6.77. The van der Waals surface area contributed by atoms with Crippen LogP contribution in [0.3, 0.4) is 0 Å². The summed E-state index contributed by atoms with van der Waals surface area (Å²) in [5.41, 5.74) is 2.10. The van der Waals surface area contributed by atoms with Crippen LogP contribution in [0.5, 0.6) is 0 Å². The molecule has 246 valence electrons. The second-order valence-electron chi connectivity index (χ2n) is 13.9. The Balaban J connectivity index is 1.63. The molecule has 0 saturated carbocycles. The number of rotatable bonds is 12. The highest BCUT2D eigenvalue weighted by atomic mass is 31.2. The van der Waals surface area contributed by atoms with Gasteiger partial charge in [-0.25, -0.2) is 0 Å². The van der Waals surface area contributed by atoms with Gasteiger partial charge in [-0.2, -0.15) is 0 Å². The number of pyridine rings is 1. The highest BCUT2D eigenvalue weighted by Crippen LogP contribution is 2.68. The van der Waals surface area contributed by atoms with Gasteiger partial charge in [0.2, 0.25) is 0 Å². The van der Waals surface area contributed by atoms with Crippen LogP contribution in [0.1, 0.15) is 45.5 Å². The summed E-state index contributed by atoms with van der Waals surface area (Å²) in [7, 11) is -5.31. The molecule has 6 rings (SSSR count). The minimum atomic E-state index is -2.91. The average molecular weight is 677 g/mol. The van der Waals surface area contributed by atoms with E-state index in [-0.39, 0.29) is 16.8 Å². The summed E-state index contributed by atoms with van der Waals surface area (Å²) in [6, 6.07) is 61.6. The van der Waals surface area contributed by atoms with Crippen molar-refractivity contribution < 1.29 is 4.43 Å². The number of benzene rings is 5. The van der Waals surface area contributed by atoms with Crippen LogP contribution in [-0.2, 0) is 4.43 Å². The molecule has 0 radical (unpaired) electrons. The summed E-state index contributed by atoms with van der Waals surface area (Å²) in [6.07, 6.45) is 2.42. The van der Waals surface area contributed by atoms with E-state index < -0.39 is 15.6 Å². The molecule has 0 aliphatic heterocycles. The van der Waals surface area contributed by atoms with E-state index in [1.807, 2.05) is 12.3 Å². The van der Waals surface area contributed by atoms with Gasteiger partial charge in [-0.1, -0.05) is 154 Å². The first-order valence-corrected chi connectivity index (χ1v) is 21.0. The maximum atomic E-state index is 7.92. The second kappa shape index (κ2) is 15.0. The van der Waals surface area contributed by atoms with Gasteiger partial charge >= 0.3 is 0 Å². The summed E-state index contributed by atoms with van der Waals surface area (Å²) in [6.45, 7) is 13.8. The monoisotopic (exact) mass is 676 g/mol. The SMILES string of the molecule is C=C(C)[C@H](CC(c1ccccn1)[P+](c1ccccc1)(c1ccccc1)c1ccccc1)O[Si](c1ccccc1)(c1ccccc1)C(C)(C)C. The van der Waals surface area contributed by atoms with E-state index in [1.54, 1.807) is 0 Å². The van der Waals surface area contributed by atoms with Crippen LogP contribution in [0.25, 0.3) is 0 Å². The van der Waals surface area contributed by atoms with E-state index in [0.717, 1.165) is 17.7 Å². The Labute approximate surface area is 295 Å². The standard InChI is InChI=1S/C45H47NOPSi/c1-36(2)43(47-49(45(3,4)5,40-29-17-9-18-30-40)41-31-19-10-20-32-41)35-44(42-33-21-22-34-46-42)48(37-23-11-6-12-24-37,38-25-13-7-14-26-38)39-27-15-8-16-28-39/h6-34,43-44H,1,35H2,2-5H3/q+1/t43-,44?/m0/s1. The zero-order chi connectivity index (χ0) is 34.3. The summed E-state index contributed by atoms with van der Waals surface area (Å²) in [4.78, 5) is 5.15. The first-order chi connectivity index (χ1) is 23.8. The number of nitrogens with zero attached hydrogens (tertiary/aromatic N) is 1. The van der Waals surface area contributed by atoms with Crippen LogP contribution in [0.15, 0.2) is 188 Å². The predicted molar refractivity (Wildman–Crippen MR) is 214 cm³/mol. The Morgan fingerprint density at radius 3 is 1.35 bits per heavy atom. The topological polar surface area (TPSA) is 22.1 Å². The molecule has 1 aromatic heterocycles. The minimum Gasteiger partial charge on any atom is -0.401 e. The van der Waals surface area contributed by atoms with Crippen LogP contribution in [0.2, 0.25) is 5.04 Å². The first-order valence-electron chi connectivity index (χ1n) is 17.2. The van der Waals surface area contributed by atoms with E-state index >= 15 is 0 Å². The number of hydrogen-bond acceptors (Lipinski definition) is 2. The van der Waals surface area contributed by atoms with Crippen molar-refractivity contribution in [3.05, 3.63) is 194 Å². The quantitative estimate of drug-likeness (QED) is 0.0734. The van der Waals surface area contributed by atoms with Crippen molar-refractivity contribution in [3.63, 3.8) is 0 Å². The molecule has 0 bridgehead atoms. The third-order valence-corrected chi connectivity index (χ3v) is 19.5. The lowest BCUT2D eigenvalue weighted by Crippen LogP contribution is -2.67. The van der Waals surface area contributed by atoms with Gasteiger partial charge in [-0.3, -0.25) is 4.98 Å². The molecule has 1 heterocycles. The van der Waals surface area contributed by atoms with Crippen molar-refractivity contribution in [2.45, 2.75) is 50.9 Å². The highest BCUT2D eigenvalue weighted by Gasteiger charge is 2.56. The Bertz CT molecular complexity index is 1780. The Kier molecular flexibility index (Phi) is 10.6. The van der Waals surface area contributed by atoms with Gasteiger partial charge in [0.1, 0.15) is 28.8 Å². The molecule has 0 fully saturated rings. The van der Waals surface area contributed by atoms with Crippen molar-refractivity contribution in [3.8, 4) is 0 Å². The molecular weight excluding hydrogens is 630 g/mol. The van der Waals surface area contributed by atoms with Crippen molar-refractivity contribution in [1.82, 2.24) is 4.98 Å². The zero-order valence-electron chi connectivity index (χ0n) is 29.1. The summed E-state index contributed by atoms with van der Waals surface area (Å²) >= 11 is 0. The lowest BCUT2D eigenvalue weighted by molar-refractivity contribution is 0.210. The maximum absolute atomic E-state index is 7.92. The highest BCUT2D eigenvalue weighted by molar-refractivity contribution is 7.96. The lowest BCUT2D eigenvalue weighted by Gasteiger charge is -2.46. The minimum absolute atomic E-state index is 0.000755. The van der Waals surface area contributed by atoms with Gasteiger partial charge in [0.15, 0.2) is 0 Å². The van der Waals surface area contributed by atoms with Crippen LogP contribution < -0.4 is 26.3 Å². The van der Waals surface area contributed by atoms with Crippen molar-refractivity contribution in [1.29, 1.82) is 0 Å². The van der Waals surface area contributed by atoms with Gasteiger partial charge in [0.25, 0.3) is 8.32 Å². The molecule has 0 saturated heterocycles. The van der Waals surface area contributed by atoms with Crippen molar-refractivity contribution in [2.24, 2.45) is 0 Å². The average Bonchev–Trinajstić information content (AvgIpc) is 3.14. The van der Waals surface area contributed by atoms with Gasteiger partial charge < -0.3 is 4.43 Å². The van der Waals surface area contributed by atoms with E-state index in [4.69, 9.17) is 9.41 Å². The molecule has 0 N–H and O–H groups in total. The van der Waals surface area contributed by atoms with Crippen LogP contribution >= 0.6 is 7.26 Å². The molecular formula is C45H47NOPSi+. The maximum Gasteiger partial charge on any atom is 0.261 e. The molecule has 4 heteroatoms. The molecule has 0 spiro atoms. The van der Waals surface area contributed by atoms with Crippen molar-refractivity contribution >= 4 is 41.9 Å². The van der Waals surface area contributed by atoms with Crippen LogP contribution in [-0.4, -0.2) is 19.4 Å². The summed E-state index contributed by atoms with van der Waals surface area (Å²) in [5, 5.41) is 6.35. The summed E-state index contributed by atoms with van der Waals surface area (Å²) in [5.74, 6) is 0. The number of aromatic nitrogens is 1. The smallest absolute Gasteiger partial charge is 0.261 e. The van der Waals surface area contributed by atoms with E-state index in [0.29, 0.717) is 0 Å². The Morgan fingerprint density at radius 1 is 0.612 bits per heavy atom. The predicted octanol–water partition coefficient (Wildman–Crippen LogP) is 9.03.